The first-order chi connectivity index (χ1) is 3.15. The maximum absolute atomic E-state index is 8.74. The van der Waals surface area contributed by atoms with Crippen molar-refractivity contribution in [3.63, 3.8) is 0 Å². The Balaban J connectivity index is 0. The molecule has 6 heteroatoms. The molecule has 0 spiro atoms. The van der Waals surface area contributed by atoms with E-state index in [9.17, 15) is 0 Å². The Bertz CT molecular complexity index is 44.2. The summed E-state index contributed by atoms with van der Waals surface area (Å²) >= 11 is 9.53. The van der Waals surface area contributed by atoms with Crippen LogP contribution in [0.4, 0.5) is 0 Å². The van der Waals surface area contributed by atoms with Crippen molar-refractivity contribution in [2.24, 2.45) is 0 Å². The average Bonchev–Trinajstić information content (AvgIpc) is 1.33. The van der Waals surface area contributed by atoms with Crippen LogP contribution < -0.4 is 0 Å². The molecule has 0 saturated heterocycles. The Hall–Kier alpha value is 0.730. The number of alkyl halides is 2. The molecular weight excluding hydrogens is 162 g/mol. The molecule has 46 valence electrons. The van der Waals surface area contributed by atoms with E-state index >= 15 is 0 Å². The Kier molecular flexibility index (Phi) is 15.0. The highest BCUT2D eigenvalue weighted by atomic mass is 35.5. The second-order valence-corrected chi connectivity index (χ2v) is 1.76. The van der Waals surface area contributed by atoms with Gasteiger partial charge in [-0.25, -0.2) is 0 Å². The van der Waals surface area contributed by atoms with Gasteiger partial charge in [-0.15, -0.1) is 23.2 Å². The van der Waals surface area contributed by atoms with Crippen LogP contribution in [-0.2, 0) is 4.57 Å². The second kappa shape index (κ2) is 9.88. The van der Waals surface area contributed by atoms with Crippen molar-refractivity contribution < 1.29 is 14.4 Å². The molecule has 0 radical (unpaired) electrons. The van der Waals surface area contributed by atoms with E-state index in [0.717, 1.165) is 0 Å². The molecule has 0 rings (SSSR count). The summed E-state index contributed by atoms with van der Waals surface area (Å²) in [5.74, 6) is 0. The number of hydrogen-bond donors (Lipinski definition) is 2. The van der Waals surface area contributed by atoms with Gasteiger partial charge in [0.15, 0.2) is 0 Å². The van der Waals surface area contributed by atoms with E-state index in [0.29, 0.717) is 0 Å². The van der Waals surface area contributed by atoms with Gasteiger partial charge in [-0.3, -0.25) is 4.57 Å². The van der Waals surface area contributed by atoms with Crippen LogP contribution in [0, 0.1) is 0 Å². The molecule has 0 fully saturated rings. The van der Waals surface area contributed by atoms with Crippen molar-refractivity contribution in [3.05, 3.63) is 0 Å². The molecule has 0 heterocycles. The van der Waals surface area contributed by atoms with Crippen molar-refractivity contribution in [2.75, 3.05) is 5.34 Å². The van der Waals surface area contributed by atoms with Crippen LogP contribution >= 0.6 is 31.5 Å². The molecule has 0 aliphatic rings. The summed E-state index contributed by atoms with van der Waals surface area (Å²) in [4.78, 5) is 14.3. The van der Waals surface area contributed by atoms with E-state index in [-0.39, 0.29) is 5.34 Å². The molecule has 0 aromatic carbocycles. The highest BCUT2D eigenvalue weighted by Gasteiger charge is 1.61. The molecule has 3 nitrogen and oxygen atoms in total. The molecule has 0 aliphatic heterocycles. The van der Waals surface area contributed by atoms with Crippen molar-refractivity contribution in [2.45, 2.75) is 0 Å². The van der Waals surface area contributed by atoms with Crippen LogP contribution in [-0.4, -0.2) is 15.1 Å². The monoisotopic (exact) mass is 166 g/mol. The molecule has 2 N–H and O–H groups in total. The van der Waals surface area contributed by atoms with Gasteiger partial charge in [0.1, 0.15) is 0 Å². The van der Waals surface area contributed by atoms with Crippen molar-refractivity contribution >= 4 is 31.5 Å². The largest absolute Gasteiger partial charge is 0.326 e. The Labute approximate surface area is 51.8 Å². The highest BCUT2D eigenvalue weighted by Crippen LogP contribution is 1.98. The zero-order valence-electron chi connectivity index (χ0n) is 3.27. The molecule has 0 aromatic heterocycles. The lowest BCUT2D eigenvalue weighted by Crippen LogP contribution is -1.38. The van der Waals surface area contributed by atoms with Crippen LogP contribution in [0.15, 0.2) is 0 Å². The van der Waals surface area contributed by atoms with Gasteiger partial charge in [-0.2, -0.15) is 0 Å². The highest BCUT2D eigenvalue weighted by molar-refractivity contribution is 7.30. The summed E-state index contributed by atoms with van der Waals surface area (Å²) in [7, 11) is -3.13. The fourth-order valence-corrected chi connectivity index (χ4v) is 0. The Morgan fingerprint density at radius 2 is 1.43 bits per heavy atom. The quantitative estimate of drug-likeness (QED) is 0.414. The van der Waals surface area contributed by atoms with Crippen LogP contribution in [0.25, 0.3) is 0 Å². The van der Waals surface area contributed by atoms with Gasteiger partial charge in [-0.05, 0) is 0 Å². The Morgan fingerprint density at radius 3 is 1.43 bits per heavy atom. The second-order valence-electron chi connectivity index (χ2n) is 0.384. The SMILES string of the molecule is ClCCl.O=[PH](O)O. The smallest absolute Gasteiger partial charge is 0.314 e. The van der Waals surface area contributed by atoms with E-state index in [1.807, 2.05) is 0 Å². The Morgan fingerprint density at radius 1 is 1.43 bits per heavy atom. The van der Waals surface area contributed by atoms with E-state index in [4.69, 9.17) is 37.6 Å². The third kappa shape index (κ3) is 283. The van der Waals surface area contributed by atoms with Crippen LogP contribution in [0.5, 0.6) is 0 Å². The minimum absolute atomic E-state index is 0.194. The first-order valence-electron chi connectivity index (χ1n) is 1.19. The van der Waals surface area contributed by atoms with Gasteiger partial charge in [0.05, 0.1) is 5.34 Å². The zero-order chi connectivity index (χ0) is 6.28. The van der Waals surface area contributed by atoms with Gasteiger partial charge in [0.2, 0.25) is 0 Å². The predicted molar refractivity (Wildman–Crippen MR) is 30.0 cm³/mol. The molecule has 0 unspecified atom stereocenters. The minimum Gasteiger partial charge on any atom is -0.326 e. The summed E-state index contributed by atoms with van der Waals surface area (Å²) in [5.41, 5.74) is 0. The third-order valence-corrected chi connectivity index (χ3v) is 0. The van der Waals surface area contributed by atoms with Gasteiger partial charge >= 0.3 is 8.25 Å². The number of rotatable bonds is 0. The summed E-state index contributed by atoms with van der Waals surface area (Å²) in [5, 5.41) is 0.194. The van der Waals surface area contributed by atoms with Crippen molar-refractivity contribution in [3.8, 4) is 0 Å². The van der Waals surface area contributed by atoms with Crippen LogP contribution in [0.1, 0.15) is 0 Å². The lowest BCUT2D eigenvalue weighted by molar-refractivity contribution is 0.405. The van der Waals surface area contributed by atoms with E-state index in [1.54, 1.807) is 0 Å². The summed E-state index contributed by atoms with van der Waals surface area (Å²) in [6, 6.07) is 0. The molecule has 0 amide bonds. The lowest BCUT2D eigenvalue weighted by atomic mass is 11.9. The topological polar surface area (TPSA) is 57.5 Å². The fourth-order valence-electron chi connectivity index (χ4n) is 0. The first-order valence-corrected chi connectivity index (χ1v) is 3.56. The predicted octanol–water partition coefficient (Wildman–Crippen LogP) is 0.782. The lowest BCUT2D eigenvalue weighted by Gasteiger charge is -1.61. The van der Waals surface area contributed by atoms with E-state index < -0.39 is 8.25 Å². The third-order valence-electron chi connectivity index (χ3n) is 0. The van der Waals surface area contributed by atoms with Crippen molar-refractivity contribution in [1.29, 1.82) is 0 Å². The zero-order valence-corrected chi connectivity index (χ0v) is 5.78. The van der Waals surface area contributed by atoms with Gasteiger partial charge in [0, 0.05) is 0 Å². The molecule has 7 heavy (non-hydrogen) atoms. The number of halogens is 2. The normalized spacial score (nSPS) is 7.57. The minimum atomic E-state index is -3.13. The van der Waals surface area contributed by atoms with Gasteiger partial charge < -0.3 is 9.79 Å². The van der Waals surface area contributed by atoms with Crippen LogP contribution in [0.2, 0.25) is 0 Å². The molecule has 0 aromatic rings. The van der Waals surface area contributed by atoms with Crippen molar-refractivity contribution in [1.82, 2.24) is 0 Å². The molecule has 0 saturated carbocycles. The molecule has 0 bridgehead atoms. The number of hydrogen-bond acceptors (Lipinski definition) is 1. The maximum atomic E-state index is 8.74. The van der Waals surface area contributed by atoms with Crippen LogP contribution in [0.3, 0.4) is 0 Å². The standard InChI is InChI=1S/CH2Cl2.H3O3P/c2-1-3;1-4(2)3/h1H2;4H,(H2,1,2,3). The van der Waals surface area contributed by atoms with E-state index in [1.165, 1.54) is 0 Å². The maximum Gasteiger partial charge on any atom is 0.314 e. The summed E-state index contributed by atoms with van der Waals surface area (Å²) in [6.45, 7) is 0. The summed E-state index contributed by atoms with van der Waals surface area (Å²) in [6.07, 6.45) is 0. The van der Waals surface area contributed by atoms with Gasteiger partial charge in [0.25, 0.3) is 0 Å². The molecule has 0 atom stereocenters. The average molecular weight is 167 g/mol. The fraction of sp³-hybridized carbons (Fsp3) is 1.00. The van der Waals surface area contributed by atoms with Gasteiger partial charge in [-0.1, -0.05) is 0 Å². The van der Waals surface area contributed by atoms with E-state index in [2.05, 4.69) is 0 Å². The summed E-state index contributed by atoms with van der Waals surface area (Å²) < 4.78 is 8.74. The molecule has 0 aliphatic carbocycles. The first kappa shape index (κ1) is 10.7. The molecular formula is CH5Cl2O3P.